The van der Waals surface area contributed by atoms with Crippen molar-refractivity contribution in [3.8, 4) is 0 Å². The lowest BCUT2D eigenvalue weighted by molar-refractivity contribution is -0.116. The van der Waals surface area contributed by atoms with Crippen molar-refractivity contribution in [3.05, 3.63) is 30.7 Å². The van der Waals surface area contributed by atoms with Crippen molar-refractivity contribution in [1.82, 2.24) is 14.5 Å². The number of carbonyl (C=O) groups is 1. The average Bonchev–Trinajstić information content (AvgIpc) is 3.08. The number of hydrogen-bond donors (Lipinski definition) is 1. The van der Waals surface area contributed by atoms with E-state index >= 15 is 0 Å². The number of morpholine rings is 1. The molecule has 3 heterocycles. The first-order valence-corrected chi connectivity index (χ1v) is 7.91. The van der Waals surface area contributed by atoms with Crippen molar-refractivity contribution >= 4 is 23.4 Å². The zero-order chi connectivity index (χ0) is 16.9. The van der Waals surface area contributed by atoms with Crippen molar-refractivity contribution in [2.75, 3.05) is 55.5 Å². The van der Waals surface area contributed by atoms with E-state index in [0.29, 0.717) is 30.7 Å². The third-order valence-corrected chi connectivity index (χ3v) is 3.74. The summed E-state index contributed by atoms with van der Waals surface area (Å²) in [5.74, 6) is 1.23. The largest absolute Gasteiger partial charge is 0.378 e. The number of carbonyl (C=O) groups excluding carboxylic acids is 1. The van der Waals surface area contributed by atoms with Crippen molar-refractivity contribution in [1.29, 1.82) is 0 Å². The van der Waals surface area contributed by atoms with E-state index in [1.54, 1.807) is 6.20 Å². The Hall–Kier alpha value is -2.61. The minimum absolute atomic E-state index is 0.114. The maximum Gasteiger partial charge on any atom is 0.244 e. The quantitative estimate of drug-likeness (QED) is 0.875. The molecule has 0 unspecified atom stereocenters. The summed E-state index contributed by atoms with van der Waals surface area (Å²) in [6, 6.07) is 3.78. The normalized spacial score (nSPS) is 14.5. The van der Waals surface area contributed by atoms with E-state index in [0.717, 1.165) is 13.1 Å². The van der Waals surface area contributed by atoms with Gasteiger partial charge in [0.15, 0.2) is 5.82 Å². The second kappa shape index (κ2) is 7.31. The molecule has 0 atom stereocenters. The molecule has 1 saturated heterocycles. The van der Waals surface area contributed by atoms with Gasteiger partial charge in [-0.15, -0.1) is 0 Å². The first-order chi connectivity index (χ1) is 11.6. The predicted molar refractivity (Wildman–Crippen MR) is 92.5 cm³/mol. The molecule has 1 amide bonds. The zero-order valence-corrected chi connectivity index (χ0v) is 14.0. The number of hydrogen-bond acceptors (Lipinski definition) is 6. The summed E-state index contributed by atoms with van der Waals surface area (Å²) in [5, 5.41) is 2.89. The summed E-state index contributed by atoms with van der Waals surface area (Å²) >= 11 is 0. The number of nitrogens with zero attached hydrogens (tertiary/aromatic N) is 5. The van der Waals surface area contributed by atoms with Crippen molar-refractivity contribution in [2.24, 2.45) is 0 Å². The molecule has 1 N–H and O–H groups in total. The average molecular weight is 330 g/mol. The highest BCUT2D eigenvalue weighted by atomic mass is 16.5. The lowest BCUT2D eigenvalue weighted by Crippen LogP contribution is -2.37. The predicted octanol–water partition coefficient (Wildman–Crippen LogP) is 0.819. The Morgan fingerprint density at radius 1 is 1.29 bits per heavy atom. The highest BCUT2D eigenvalue weighted by Gasteiger charge is 2.18. The van der Waals surface area contributed by atoms with Crippen LogP contribution in [0.1, 0.15) is 0 Å². The lowest BCUT2D eigenvalue weighted by Gasteiger charge is -2.28. The van der Waals surface area contributed by atoms with E-state index in [1.165, 1.54) is 0 Å². The van der Waals surface area contributed by atoms with E-state index in [2.05, 4.69) is 20.2 Å². The van der Waals surface area contributed by atoms with Gasteiger partial charge in [-0.1, -0.05) is 0 Å². The fourth-order valence-corrected chi connectivity index (χ4v) is 2.54. The summed E-state index contributed by atoms with van der Waals surface area (Å²) in [5.41, 5.74) is 0.606. The van der Waals surface area contributed by atoms with Crippen LogP contribution < -0.4 is 15.1 Å². The van der Waals surface area contributed by atoms with Gasteiger partial charge in [0.25, 0.3) is 0 Å². The van der Waals surface area contributed by atoms with Crippen LogP contribution in [0.15, 0.2) is 30.7 Å². The van der Waals surface area contributed by atoms with Gasteiger partial charge in [0, 0.05) is 39.6 Å². The third kappa shape index (κ3) is 3.83. The minimum atomic E-state index is -0.114. The molecule has 0 aliphatic carbocycles. The van der Waals surface area contributed by atoms with E-state index in [1.807, 2.05) is 48.1 Å². The molecule has 24 heavy (non-hydrogen) atoms. The second-order valence-electron chi connectivity index (χ2n) is 5.80. The first-order valence-electron chi connectivity index (χ1n) is 7.91. The Morgan fingerprint density at radius 2 is 2.00 bits per heavy atom. The molecule has 0 aromatic carbocycles. The molecule has 0 radical (unpaired) electrons. The van der Waals surface area contributed by atoms with Gasteiger partial charge in [-0.05, 0) is 12.1 Å². The maximum absolute atomic E-state index is 12.2. The van der Waals surface area contributed by atoms with Crippen molar-refractivity contribution < 1.29 is 9.53 Å². The van der Waals surface area contributed by atoms with Crippen LogP contribution in [0.25, 0.3) is 0 Å². The molecular formula is C16H22N6O2. The standard InChI is InChI=1S/C16H22N6O2/c1-20(2)15-13(18-14(23)12-21-5-3-4-6-21)11-17-16(19-15)22-7-9-24-10-8-22/h3-6,11H,7-10,12H2,1-2H3,(H,18,23). The summed E-state index contributed by atoms with van der Waals surface area (Å²) in [6.07, 6.45) is 5.37. The summed E-state index contributed by atoms with van der Waals surface area (Å²) < 4.78 is 7.17. The number of aromatic nitrogens is 3. The SMILES string of the molecule is CN(C)c1nc(N2CCOCC2)ncc1NC(=O)Cn1cccc1. The van der Waals surface area contributed by atoms with Crippen molar-refractivity contribution in [3.63, 3.8) is 0 Å². The highest BCUT2D eigenvalue weighted by Crippen LogP contribution is 2.24. The molecule has 0 spiro atoms. The Balaban J connectivity index is 1.75. The molecule has 1 fully saturated rings. The smallest absolute Gasteiger partial charge is 0.244 e. The van der Waals surface area contributed by atoms with Crippen LogP contribution in [0, 0.1) is 0 Å². The van der Waals surface area contributed by atoms with E-state index < -0.39 is 0 Å². The Labute approximate surface area is 141 Å². The third-order valence-electron chi connectivity index (χ3n) is 3.74. The van der Waals surface area contributed by atoms with Crippen LogP contribution in [-0.4, -0.2) is 60.8 Å². The van der Waals surface area contributed by atoms with E-state index in [-0.39, 0.29) is 12.5 Å². The van der Waals surface area contributed by atoms with Crippen LogP contribution in [0.5, 0.6) is 0 Å². The molecule has 0 saturated carbocycles. The van der Waals surface area contributed by atoms with Crippen LogP contribution in [0.2, 0.25) is 0 Å². The number of nitrogens with one attached hydrogen (secondary N) is 1. The Kier molecular flexibility index (Phi) is 4.95. The number of ether oxygens (including phenoxy) is 1. The summed E-state index contributed by atoms with van der Waals surface area (Å²) in [7, 11) is 3.79. The van der Waals surface area contributed by atoms with Gasteiger partial charge < -0.3 is 24.4 Å². The first kappa shape index (κ1) is 16.3. The molecule has 128 valence electrons. The van der Waals surface area contributed by atoms with Crippen LogP contribution in [0.3, 0.4) is 0 Å². The van der Waals surface area contributed by atoms with E-state index in [9.17, 15) is 4.79 Å². The molecule has 2 aromatic heterocycles. The molecule has 8 nitrogen and oxygen atoms in total. The maximum atomic E-state index is 12.2. The molecule has 0 bridgehead atoms. The van der Waals surface area contributed by atoms with Gasteiger partial charge >= 0.3 is 0 Å². The number of rotatable bonds is 5. The van der Waals surface area contributed by atoms with Gasteiger partial charge in [-0.2, -0.15) is 4.98 Å². The molecule has 8 heteroatoms. The fourth-order valence-electron chi connectivity index (χ4n) is 2.54. The highest BCUT2D eigenvalue weighted by molar-refractivity contribution is 5.93. The zero-order valence-electron chi connectivity index (χ0n) is 14.0. The second-order valence-corrected chi connectivity index (χ2v) is 5.80. The molecule has 2 aromatic rings. The molecule has 1 aliphatic heterocycles. The lowest BCUT2D eigenvalue weighted by atomic mass is 10.4. The van der Waals surface area contributed by atoms with Gasteiger partial charge in [-0.25, -0.2) is 4.98 Å². The molecule has 3 rings (SSSR count). The fraction of sp³-hybridized carbons (Fsp3) is 0.438. The van der Waals surface area contributed by atoms with Crippen LogP contribution in [-0.2, 0) is 16.1 Å². The van der Waals surface area contributed by atoms with Gasteiger partial charge in [-0.3, -0.25) is 4.79 Å². The summed E-state index contributed by atoms with van der Waals surface area (Å²) in [4.78, 5) is 25.2. The minimum Gasteiger partial charge on any atom is -0.378 e. The van der Waals surface area contributed by atoms with Gasteiger partial charge in [0.2, 0.25) is 11.9 Å². The van der Waals surface area contributed by atoms with Gasteiger partial charge in [0.05, 0.1) is 19.4 Å². The van der Waals surface area contributed by atoms with Crippen LogP contribution >= 0.6 is 0 Å². The molecular weight excluding hydrogens is 308 g/mol. The van der Waals surface area contributed by atoms with Gasteiger partial charge in [0.1, 0.15) is 12.2 Å². The van der Waals surface area contributed by atoms with Crippen molar-refractivity contribution in [2.45, 2.75) is 6.54 Å². The number of anilines is 3. The van der Waals surface area contributed by atoms with E-state index in [4.69, 9.17) is 4.74 Å². The molecule has 1 aliphatic rings. The Bertz CT molecular complexity index is 680. The summed E-state index contributed by atoms with van der Waals surface area (Å²) in [6.45, 7) is 3.15. The number of amides is 1. The monoisotopic (exact) mass is 330 g/mol. The van der Waals surface area contributed by atoms with Crippen LogP contribution in [0.4, 0.5) is 17.5 Å². The Morgan fingerprint density at radius 3 is 2.67 bits per heavy atom. The topological polar surface area (TPSA) is 75.5 Å².